The van der Waals surface area contributed by atoms with Crippen molar-refractivity contribution in [3.8, 4) is 11.5 Å². The number of hydrogen-bond acceptors (Lipinski definition) is 5. The molecule has 25 heavy (non-hydrogen) atoms. The summed E-state index contributed by atoms with van der Waals surface area (Å²) >= 11 is 1.59. The van der Waals surface area contributed by atoms with Crippen LogP contribution in [-0.2, 0) is 17.6 Å². The third kappa shape index (κ3) is 3.22. The molecule has 0 saturated heterocycles. The summed E-state index contributed by atoms with van der Waals surface area (Å²) < 4.78 is 5.65. The number of nitrogens with zero attached hydrogens (tertiary/aromatic N) is 3. The summed E-state index contributed by atoms with van der Waals surface area (Å²) in [4.78, 5) is 14.4. The normalized spacial score (nSPS) is 16.0. The summed E-state index contributed by atoms with van der Waals surface area (Å²) in [6.45, 7) is 0. The van der Waals surface area contributed by atoms with Crippen LogP contribution in [0.2, 0.25) is 0 Å². The third-order valence-electron chi connectivity index (χ3n) is 4.75. The SMILES string of the molecule is CN(C(=O)CCc1nnc(-c2ccsc2)o1)C1CCc2ccccc21. The lowest BCUT2D eigenvalue weighted by atomic mass is 10.1. The molecule has 4 rings (SSSR count). The maximum Gasteiger partial charge on any atom is 0.248 e. The fourth-order valence-electron chi connectivity index (χ4n) is 3.36. The Morgan fingerprint density at radius 2 is 2.20 bits per heavy atom. The van der Waals surface area contributed by atoms with Crippen molar-refractivity contribution in [3.63, 3.8) is 0 Å². The molecule has 1 amide bonds. The number of benzene rings is 1. The molecule has 0 saturated carbocycles. The van der Waals surface area contributed by atoms with E-state index in [1.807, 2.05) is 34.8 Å². The maximum absolute atomic E-state index is 12.6. The van der Waals surface area contributed by atoms with Gasteiger partial charge in [0.15, 0.2) is 0 Å². The number of aromatic nitrogens is 2. The second kappa shape index (κ2) is 6.80. The van der Waals surface area contributed by atoms with Crippen LogP contribution in [0, 0.1) is 0 Å². The van der Waals surface area contributed by atoms with Crippen molar-refractivity contribution >= 4 is 17.2 Å². The van der Waals surface area contributed by atoms with E-state index in [1.165, 1.54) is 11.1 Å². The lowest BCUT2D eigenvalue weighted by Gasteiger charge is -2.25. The highest BCUT2D eigenvalue weighted by Crippen LogP contribution is 2.35. The highest BCUT2D eigenvalue weighted by atomic mass is 32.1. The van der Waals surface area contributed by atoms with Crippen LogP contribution < -0.4 is 0 Å². The second-order valence-corrected chi connectivity index (χ2v) is 7.05. The van der Waals surface area contributed by atoms with Gasteiger partial charge in [0.25, 0.3) is 0 Å². The molecule has 0 radical (unpaired) electrons. The number of rotatable bonds is 5. The second-order valence-electron chi connectivity index (χ2n) is 6.27. The van der Waals surface area contributed by atoms with Gasteiger partial charge in [-0.15, -0.1) is 10.2 Å². The minimum Gasteiger partial charge on any atom is -0.421 e. The van der Waals surface area contributed by atoms with Crippen LogP contribution in [0.3, 0.4) is 0 Å². The van der Waals surface area contributed by atoms with E-state index in [2.05, 4.69) is 28.4 Å². The zero-order chi connectivity index (χ0) is 17.2. The van der Waals surface area contributed by atoms with E-state index in [9.17, 15) is 4.79 Å². The molecule has 0 aliphatic heterocycles. The van der Waals surface area contributed by atoms with E-state index >= 15 is 0 Å². The van der Waals surface area contributed by atoms with E-state index < -0.39 is 0 Å². The lowest BCUT2D eigenvalue weighted by Crippen LogP contribution is -2.30. The van der Waals surface area contributed by atoms with Crippen LogP contribution in [0.5, 0.6) is 0 Å². The van der Waals surface area contributed by atoms with Crippen molar-refractivity contribution in [2.75, 3.05) is 7.05 Å². The van der Waals surface area contributed by atoms with Gasteiger partial charge in [-0.1, -0.05) is 24.3 Å². The molecule has 3 aromatic rings. The van der Waals surface area contributed by atoms with Gasteiger partial charge >= 0.3 is 0 Å². The minimum absolute atomic E-state index is 0.108. The average molecular weight is 353 g/mol. The Labute approximate surface area is 150 Å². The summed E-state index contributed by atoms with van der Waals surface area (Å²) in [6.07, 6.45) is 2.87. The van der Waals surface area contributed by atoms with Gasteiger partial charge in [0.2, 0.25) is 17.7 Å². The van der Waals surface area contributed by atoms with Crippen molar-refractivity contribution in [2.45, 2.75) is 31.7 Å². The molecule has 128 valence electrons. The summed E-state index contributed by atoms with van der Waals surface area (Å²) in [5.41, 5.74) is 3.55. The third-order valence-corrected chi connectivity index (χ3v) is 5.43. The van der Waals surface area contributed by atoms with Crippen LogP contribution in [0.1, 0.15) is 35.9 Å². The molecule has 1 atom stereocenters. The zero-order valence-electron chi connectivity index (χ0n) is 14.0. The average Bonchev–Trinajstić information content (AvgIpc) is 3.38. The highest BCUT2D eigenvalue weighted by Gasteiger charge is 2.28. The molecule has 2 aromatic heterocycles. The van der Waals surface area contributed by atoms with Crippen LogP contribution in [0.15, 0.2) is 45.5 Å². The zero-order valence-corrected chi connectivity index (χ0v) is 14.8. The largest absolute Gasteiger partial charge is 0.421 e. The predicted octanol–water partition coefficient (Wildman–Crippen LogP) is 3.88. The Morgan fingerprint density at radius 1 is 1.32 bits per heavy atom. The molecular weight excluding hydrogens is 334 g/mol. The molecule has 0 fully saturated rings. The van der Waals surface area contributed by atoms with Crippen LogP contribution in [0.25, 0.3) is 11.5 Å². The molecular formula is C19H19N3O2S. The maximum atomic E-state index is 12.6. The topological polar surface area (TPSA) is 59.2 Å². The molecule has 0 N–H and O–H groups in total. The smallest absolute Gasteiger partial charge is 0.248 e. The number of fused-ring (bicyclic) bond motifs is 1. The molecule has 5 nitrogen and oxygen atoms in total. The molecule has 0 spiro atoms. The molecule has 1 aliphatic carbocycles. The standard InChI is InChI=1S/C19H19N3O2S/c1-22(16-7-6-13-4-2-3-5-15(13)16)18(23)9-8-17-20-21-19(24-17)14-10-11-25-12-14/h2-5,10-12,16H,6-9H2,1H3. The van der Waals surface area contributed by atoms with Crippen molar-refractivity contribution in [2.24, 2.45) is 0 Å². The van der Waals surface area contributed by atoms with E-state index in [1.54, 1.807) is 11.3 Å². The summed E-state index contributed by atoms with van der Waals surface area (Å²) in [5.74, 6) is 1.13. The quantitative estimate of drug-likeness (QED) is 0.698. The Kier molecular flexibility index (Phi) is 4.36. The Bertz CT molecular complexity index is 872. The van der Waals surface area contributed by atoms with Crippen molar-refractivity contribution in [1.82, 2.24) is 15.1 Å². The van der Waals surface area contributed by atoms with Gasteiger partial charge < -0.3 is 9.32 Å². The van der Waals surface area contributed by atoms with E-state index in [4.69, 9.17) is 4.42 Å². The van der Waals surface area contributed by atoms with Gasteiger partial charge in [0.05, 0.1) is 6.04 Å². The van der Waals surface area contributed by atoms with Crippen LogP contribution in [0.4, 0.5) is 0 Å². The van der Waals surface area contributed by atoms with Gasteiger partial charge in [0.1, 0.15) is 0 Å². The highest BCUT2D eigenvalue weighted by molar-refractivity contribution is 7.08. The first-order valence-electron chi connectivity index (χ1n) is 8.41. The summed E-state index contributed by atoms with van der Waals surface area (Å²) in [6, 6.07) is 10.5. The lowest BCUT2D eigenvalue weighted by molar-refractivity contribution is -0.132. The number of carbonyl (C=O) groups is 1. The van der Waals surface area contributed by atoms with Gasteiger partial charge in [-0.3, -0.25) is 4.79 Å². The molecule has 2 heterocycles. The fraction of sp³-hybridized carbons (Fsp3) is 0.316. The van der Waals surface area contributed by atoms with Crippen LogP contribution in [-0.4, -0.2) is 28.1 Å². The molecule has 1 unspecified atom stereocenters. The first-order valence-corrected chi connectivity index (χ1v) is 9.35. The van der Waals surface area contributed by atoms with Crippen molar-refractivity contribution in [1.29, 1.82) is 0 Å². The van der Waals surface area contributed by atoms with E-state index in [0.29, 0.717) is 24.6 Å². The monoisotopic (exact) mass is 353 g/mol. The first-order chi connectivity index (χ1) is 12.2. The predicted molar refractivity (Wildman–Crippen MR) is 96.2 cm³/mol. The van der Waals surface area contributed by atoms with Gasteiger partial charge in [-0.05, 0) is 35.4 Å². The molecule has 1 aromatic carbocycles. The van der Waals surface area contributed by atoms with Crippen LogP contribution >= 0.6 is 11.3 Å². The Hall–Kier alpha value is -2.47. The molecule has 1 aliphatic rings. The number of amides is 1. The van der Waals surface area contributed by atoms with Gasteiger partial charge in [-0.25, -0.2) is 0 Å². The van der Waals surface area contributed by atoms with E-state index in [-0.39, 0.29) is 11.9 Å². The fourth-order valence-corrected chi connectivity index (χ4v) is 3.99. The molecule has 6 heteroatoms. The summed E-state index contributed by atoms with van der Waals surface area (Å²) in [7, 11) is 1.89. The van der Waals surface area contributed by atoms with Crippen molar-refractivity contribution in [3.05, 3.63) is 58.1 Å². The first kappa shape index (κ1) is 16.0. The summed E-state index contributed by atoms with van der Waals surface area (Å²) in [5, 5.41) is 12.0. The number of thiophene rings is 1. The van der Waals surface area contributed by atoms with E-state index in [0.717, 1.165) is 18.4 Å². The number of aryl methyl sites for hydroxylation is 2. The Balaban J connectivity index is 1.38. The van der Waals surface area contributed by atoms with Gasteiger partial charge in [-0.2, -0.15) is 11.3 Å². The van der Waals surface area contributed by atoms with Crippen molar-refractivity contribution < 1.29 is 9.21 Å². The Morgan fingerprint density at radius 3 is 3.04 bits per heavy atom. The van der Waals surface area contributed by atoms with Gasteiger partial charge in [0, 0.05) is 30.8 Å². The number of hydrogen-bond donors (Lipinski definition) is 0. The minimum atomic E-state index is 0.108. The molecule has 0 bridgehead atoms. The number of carbonyl (C=O) groups excluding carboxylic acids is 1.